The first-order chi connectivity index (χ1) is 14.5. The summed E-state index contributed by atoms with van der Waals surface area (Å²) in [5, 5.41) is 5.94. The van der Waals surface area contributed by atoms with Crippen molar-refractivity contribution < 1.29 is 14.3 Å². The lowest BCUT2D eigenvalue weighted by molar-refractivity contribution is -0.118. The third kappa shape index (κ3) is 4.64. The number of nitrogens with zero attached hydrogens (tertiary/aromatic N) is 2. The zero-order valence-electron chi connectivity index (χ0n) is 16.2. The van der Waals surface area contributed by atoms with Gasteiger partial charge in [0.1, 0.15) is 0 Å². The topological polar surface area (TPSA) is 64.9 Å². The Hall–Kier alpha value is -2.48. The van der Waals surface area contributed by atoms with E-state index in [1.54, 1.807) is 18.2 Å². The lowest BCUT2D eigenvalue weighted by atomic mass is 10.1. The highest BCUT2D eigenvalue weighted by Crippen LogP contribution is 2.36. The van der Waals surface area contributed by atoms with Crippen LogP contribution in [0.4, 0.5) is 5.69 Å². The molecule has 3 aromatic rings. The van der Waals surface area contributed by atoms with Gasteiger partial charge in [-0.15, -0.1) is 11.3 Å². The average Bonchev–Trinajstić information content (AvgIpc) is 3.33. The van der Waals surface area contributed by atoms with Gasteiger partial charge in [0.2, 0.25) is 12.7 Å². The standard InChI is InChI=1S/C21H19Cl2N3O3S/c1-13(27)24-7-2-8-26-18(14-3-6-19-20(9-14)29-12-28-19)11-30-21(26)25-17-5-4-15(22)10-16(17)23/h3-6,9-11H,2,7-8,12H2,1H3,(H,24,27). The molecule has 1 aliphatic heterocycles. The molecule has 1 aromatic heterocycles. The van der Waals surface area contributed by atoms with Crippen LogP contribution in [0.25, 0.3) is 11.3 Å². The van der Waals surface area contributed by atoms with Crippen molar-refractivity contribution in [3.63, 3.8) is 0 Å². The Morgan fingerprint density at radius 1 is 1.20 bits per heavy atom. The smallest absolute Gasteiger partial charge is 0.231 e. The summed E-state index contributed by atoms with van der Waals surface area (Å²) in [5.41, 5.74) is 2.65. The van der Waals surface area contributed by atoms with Crippen molar-refractivity contribution in [3.05, 3.63) is 56.6 Å². The molecule has 0 fully saturated rings. The molecule has 156 valence electrons. The average molecular weight is 464 g/mol. The molecule has 1 N–H and O–H groups in total. The molecule has 0 saturated heterocycles. The summed E-state index contributed by atoms with van der Waals surface area (Å²) in [4.78, 5) is 16.8. The molecule has 1 amide bonds. The first-order valence-corrected chi connectivity index (χ1v) is 11.0. The molecule has 6 nitrogen and oxygen atoms in total. The number of halogens is 2. The lowest BCUT2D eigenvalue weighted by Crippen LogP contribution is -2.24. The first-order valence-electron chi connectivity index (χ1n) is 9.34. The zero-order valence-corrected chi connectivity index (χ0v) is 18.5. The molecule has 0 radical (unpaired) electrons. The fraction of sp³-hybridized carbons (Fsp3) is 0.238. The number of thiazole rings is 1. The molecule has 9 heteroatoms. The lowest BCUT2D eigenvalue weighted by Gasteiger charge is -2.10. The minimum absolute atomic E-state index is 0.0424. The predicted octanol–water partition coefficient (Wildman–Crippen LogP) is 5.01. The summed E-state index contributed by atoms with van der Waals surface area (Å²) in [6.07, 6.45) is 0.759. The largest absolute Gasteiger partial charge is 0.454 e. The van der Waals surface area contributed by atoms with E-state index < -0.39 is 0 Å². The van der Waals surface area contributed by atoms with E-state index in [4.69, 9.17) is 37.7 Å². The van der Waals surface area contributed by atoms with Crippen LogP contribution >= 0.6 is 34.5 Å². The Morgan fingerprint density at radius 2 is 2.03 bits per heavy atom. The van der Waals surface area contributed by atoms with Gasteiger partial charge in [0.15, 0.2) is 16.3 Å². The maximum Gasteiger partial charge on any atom is 0.231 e. The molecular formula is C21H19Cl2N3O3S. The number of nitrogens with one attached hydrogen (secondary N) is 1. The van der Waals surface area contributed by atoms with E-state index in [1.807, 2.05) is 18.2 Å². The molecule has 4 rings (SSSR count). The predicted molar refractivity (Wildman–Crippen MR) is 119 cm³/mol. The van der Waals surface area contributed by atoms with Crippen LogP contribution in [0.3, 0.4) is 0 Å². The van der Waals surface area contributed by atoms with Gasteiger partial charge < -0.3 is 19.4 Å². The normalized spacial score (nSPS) is 13.0. The summed E-state index contributed by atoms with van der Waals surface area (Å²) in [5.74, 6) is 1.42. The van der Waals surface area contributed by atoms with Crippen molar-refractivity contribution in [2.24, 2.45) is 4.99 Å². The van der Waals surface area contributed by atoms with Gasteiger partial charge in [0.25, 0.3) is 0 Å². The summed E-state index contributed by atoms with van der Waals surface area (Å²) >= 11 is 13.8. The van der Waals surface area contributed by atoms with Crippen LogP contribution in [0.15, 0.2) is 46.8 Å². The Balaban J connectivity index is 1.72. The van der Waals surface area contributed by atoms with Crippen LogP contribution in [-0.4, -0.2) is 23.8 Å². The molecule has 0 unspecified atom stereocenters. The van der Waals surface area contributed by atoms with Gasteiger partial charge >= 0.3 is 0 Å². The number of fused-ring (bicyclic) bond motifs is 1. The molecule has 0 bridgehead atoms. The van der Waals surface area contributed by atoms with Crippen LogP contribution in [0.2, 0.25) is 10.0 Å². The summed E-state index contributed by atoms with van der Waals surface area (Å²) in [7, 11) is 0. The highest BCUT2D eigenvalue weighted by atomic mass is 35.5. The molecule has 2 heterocycles. The van der Waals surface area contributed by atoms with E-state index in [0.717, 1.165) is 34.0 Å². The molecule has 0 saturated carbocycles. The molecule has 0 aliphatic carbocycles. The molecular weight excluding hydrogens is 445 g/mol. The van der Waals surface area contributed by atoms with Crippen molar-refractivity contribution in [2.75, 3.05) is 13.3 Å². The fourth-order valence-electron chi connectivity index (χ4n) is 3.10. The highest BCUT2D eigenvalue weighted by molar-refractivity contribution is 7.07. The Labute approximate surface area is 187 Å². The number of hydrogen-bond acceptors (Lipinski definition) is 5. The molecule has 2 aromatic carbocycles. The Morgan fingerprint density at radius 3 is 2.83 bits per heavy atom. The second-order valence-electron chi connectivity index (χ2n) is 6.67. The third-order valence-electron chi connectivity index (χ3n) is 4.52. The second-order valence-corrected chi connectivity index (χ2v) is 8.35. The number of aromatic nitrogens is 1. The highest BCUT2D eigenvalue weighted by Gasteiger charge is 2.16. The third-order valence-corrected chi connectivity index (χ3v) is 5.93. The first kappa shape index (κ1) is 20.8. The second kappa shape index (κ2) is 9.12. The maximum absolute atomic E-state index is 11.2. The van der Waals surface area contributed by atoms with Gasteiger partial charge in [-0.05, 0) is 42.8 Å². The van der Waals surface area contributed by atoms with Crippen LogP contribution in [0.5, 0.6) is 11.5 Å². The van der Waals surface area contributed by atoms with E-state index >= 15 is 0 Å². The number of rotatable bonds is 6. The fourth-order valence-corrected chi connectivity index (χ4v) is 4.50. The Kier molecular flexibility index (Phi) is 6.32. The van der Waals surface area contributed by atoms with E-state index in [-0.39, 0.29) is 12.7 Å². The van der Waals surface area contributed by atoms with Crippen LogP contribution < -0.4 is 19.6 Å². The Bertz CT molecular complexity index is 1160. The molecule has 1 aliphatic rings. The van der Waals surface area contributed by atoms with E-state index in [1.165, 1.54) is 18.3 Å². The number of ether oxygens (including phenoxy) is 2. The van der Waals surface area contributed by atoms with Crippen molar-refractivity contribution in [1.82, 2.24) is 9.88 Å². The molecule has 30 heavy (non-hydrogen) atoms. The molecule has 0 atom stereocenters. The van der Waals surface area contributed by atoms with Gasteiger partial charge in [-0.25, -0.2) is 4.99 Å². The quantitative estimate of drug-likeness (QED) is 0.522. The minimum Gasteiger partial charge on any atom is -0.454 e. The number of carbonyl (C=O) groups excluding carboxylic acids is 1. The number of hydrogen-bond donors (Lipinski definition) is 1. The van der Waals surface area contributed by atoms with Crippen molar-refractivity contribution in [3.8, 4) is 22.8 Å². The maximum atomic E-state index is 11.2. The van der Waals surface area contributed by atoms with E-state index in [0.29, 0.717) is 28.8 Å². The van der Waals surface area contributed by atoms with Gasteiger partial charge in [-0.3, -0.25) is 4.79 Å². The monoisotopic (exact) mass is 463 g/mol. The number of benzene rings is 2. The summed E-state index contributed by atoms with van der Waals surface area (Å²) < 4.78 is 13.1. The van der Waals surface area contributed by atoms with E-state index in [2.05, 4.69) is 15.3 Å². The van der Waals surface area contributed by atoms with Gasteiger partial charge in [-0.2, -0.15) is 0 Å². The van der Waals surface area contributed by atoms with E-state index in [9.17, 15) is 4.79 Å². The van der Waals surface area contributed by atoms with Crippen LogP contribution in [-0.2, 0) is 11.3 Å². The zero-order chi connectivity index (χ0) is 21.1. The number of carbonyl (C=O) groups is 1. The van der Waals surface area contributed by atoms with Gasteiger partial charge in [0.05, 0.1) is 16.4 Å². The number of amides is 1. The van der Waals surface area contributed by atoms with Gasteiger partial charge in [0, 0.05) is 36.0 Å². The van der Waals surface area contributed by atoms with Crippen LogP contribution in [0, 0.1) is 0 Å². The van der Waals surface area contributed by atoms with Crippen molar-refractivity contribution in [1.29, 1.82) is 0 Å². The minimum atomic E-state index is -0.0424. The molecule has 0 spiro atoms. The van der Waals surface area contributed by atoms with Gasteiger partial charge in [-0.1, -0.05) is 23.2 Å². The van der Waals surface area contributed by atoms with Crippen molar-refractivity contribution in [2.45, 2.75) is 19.9 Å². The van der Waals surface area contributed by atoms with Crippen molar-refractivity contribution >= 4 is 46.1 Å². The SMILES string of the molecule is CC(=O)NCCCn1c(-c2ccc3c(c2)OCO3)csc1=Nc1ccc(Cl)cc1Cl. The summed E-state index contributed by atoms with van der Waals surface area (Å²) in [6.45, 7) is 3.01. The van der Waals surface area contributed by atoms with Crippen LogP contribution in [0.1, 0.15) is 13.3 Å². The summed E-state index contributed by atoms with van der Waals surface area (Å²) in [6, 6.07) is 11.1.